The Kier molecular flexibility index (Phi) is 5.16. The van der Waals surface area contributed by atoms with Gasteiger partial charge in [-0.1, -0.05) is 36.4 Å². The second-order valence-corrected chi connectivity index (χ2v) is 8.28. The molecule has 0 fully saturated rings. The molecule has 140 valence electrons. The molecule has 1 N–H and O–H groups in total. The normalized spacial score (nSPS) is 11.6. The highest BCUT2D eigenvalue weighted by Gasteiger charge is 2.20. The van der Waals surface area contributed by atoms with Gasteiger partial charge in [-0.3, -0.25) is 4.79 Å². The molecule has 7 heteroatoms. The third-order valence-electron chi connectivity index (χ3n) is 4.23. The van der Waals surface area contributed by atoms with Crippen molar-refractivity contribution < 1.29 is 17.9 Å². The standard InChI is InChI=1S/C20H20N2O4S/c1-22(2)27(24,25)15-11-12-19(26-3)18(13-15)21-20(23)17-10-6-8-14-7-4-5-9-16(14)17/h4-13H,1-3H3,(H,21,23). The SMILES string of the molecule is COc1ccc(S(=O)(=O)N(C)C)cc1NC(=O)c1cccc2ccccc12. The van der Waals surface area contributed by atoms with Crippen molar-refractivity contribution in [2.24, 2.45) is 0 Å². The summed E-state index contributed by atoms with van der Waals surface area (Å²) in [6, 6.07) is 17.4. The van der Waals surface area contributed by atoms with Crippen LogP contribution >= 0.6 is 0 Å². The molecule has 3 aromatic rings. The molecule has 0 heterocycles. The number of benzene rings is 3. The van der Waals surface area contributed by atoms with E-state index in [9.17, 15) is 13.2 Å². The van der Waals surface area contributed by atoms with Crippen LogP contribution in [0.4, 0.5) is 5.69 Å². The van der Waals surface area contributed by atoms with Gasteiger partial charge in [0, 0.05) is 19.7 Å². The summed E-state index contributed by atoms with van der Waals surface area (Å²) in [6.07, 6.45) is 0. The summed E-state index contributed by atoms with van der Waals surface area (Å²) in [6.45, 7) is 0. The van der Waals surface area contributed by atoms with Crippen LogP contribution < -0.4 is 10.1 Å². The Balaban J connectivity index is 2.02. The van der Waals surface area contributed by atoms with Crippen LogP contribution in [-0.4, -0.2) is 39.8 Å². The first kappa shape index (κ1) is 18.9. The quantitative estimate of drug-likeness (QED) is 0.732. The first-order valence-electron chi connectivity index (χ1n) is 8.24. The Morgan fingerprint density at radius 3 is 2.41 bits per heavy atom. The van der Waals surface area contributed by atoms with Crippen molar-refractivity contribution in [3.8, 4) is 5.75 Å². The van der Waals surface area contributed by atoms with Gasteiger partial charge in [0.25, 0.3) is 5.91 Å². The van der Waals surface area contributed by atoms with Crippen molar-refractivity contribution in [3.05, 3.63) is 66.2 Å². The summed E-state index contributed by atoms with van der Waals surface area (Å²) in [7, 11) is 0.733. The number of carbonyl (C=O) groups is 1. The fourth-order valence-electron chi connectivity index (χ4n) is 2.77. The number of hydrogen-bond donors (Lipinski definition) is 1. The Labute approximate surface area is 158 Å². The summed E-state index contributed by atoms with van der Waals surface area (Å²) in [4.78, 5) is 12.9. The van der Waals surface area contributed by atoms with E-state index >= 15 is 0 Å². The van der Waals surface area contributed by atoms with Crippen LogP contribution in [0.1, 0.15) is 10.4 Å². The second-order valence-electron chi connectivity index (χ2n) is 6.13. The molecule has 0 aliphatic rings. The maximum Gasteiger partial charge on any atom is 0.256 e. The van der Waals surface area contributed by atoms with E-state index in [0.29, 0.717) is 17.0 Å². The lowest BCUT2D eigenvalue weighted by Crippen LogP contribution is -2.22. The van der Waals surface area contributed by atoms with Gasteiger partial charge >= 0.3 is 0 Å². The third-order valence-corrected chi connectivity index (χ3v) is 6.04. The minimum absolute atomic E-state index is 0.0709. The Morgan fingerprint density at radius 1 is 1.00 bits per heavy atom. The molecule has 0 bridgehead atoms. The highest BCUT2D eigenvalue weighted by atomic mass is 32.2. The molecule has 0 aliphatic heterocycles. The number of nitrogens with zero attached hydrogens (tertiary/aromatic N) is 1. The molecule has 0 spiro atoms. The second kappa shape index (κ2) is 7.38. The zero-order chi connectivity index (χ0) is 19.6. The molecule has 6 nitrogen and oxygen atoms in total. The molecule has 0 aromatic heterocycles. The lowest BCUT2D eigenvalue weighted by Gasteiger charge is -2.15. The average molecular weight is 384 g/mol. The Bertz CT molecular complexity index is 1100. The van der Waals surface area contributed by atoms with E-state index in [2.05, 4.69) is 5.32 Å². The molecule has 0 saturated carbocycles. The van der Waals surface area contributed by atoms with E-state index in [1.807, 2.05) is 30.3 Å². The number of fused-ring (bicyclic) bond motifs is 1. The van der Waals surface area contributed by atoms with Crippen molar-refractivity contribution in [1.29, 1.82) is 0 Å². The smallest absolute Gasteiger partial charge is 0.256 e. The van der Waals surface area contributed by atoms with Gasteiger partial charge < -0.3 is 10.1 Å². The molecule has 0 aliphatic carbocycles. The lowest BCUT2D eigenvalue weighted by molar-refractivity contribution is 0.102. The van der Waals surface area contributed by atoms with Crippen LogP contribution in [-0.2, 0) is 10.0 Å². The molecule has 0 radical (unpaired) electrons. The maximum atomic E-state index is 12.9. The van der Waals surface area contributed by atoms with Gasteiger partial charge in [-0.25, -0.2) is 12.7 Å². The van der Waals surface area contributed by atoms with Crippen molar-refractivity contribution in [2.45, 2.75) is 4.90 Å². The van der Waals surface area contributed by atoms with Gasteiger partial charge in [0.05, 0.1) is 17.7 Å². The topological polar surface area (TPSA) is 75.7 Å². The summed E-state index contributed by atoms with van der Waals surface area (Å²) in [5.41, 5.74) is 0.786. The Hall–Kier alpha value is -2.90. The molecule has 0 saturated heterocycles. The number of amides is 1. The monoisotopic (exact) mass is 384 g/mol. The van der Waals surface area contributed by atoms with E-state index < -0.39 is 10.0 Å². The molecule has 1 amide bonds. The number of nitrogens with one attached hydrogen (secondary N) is 1. The number of hydrogen-bond acceptors (Lipinski definition) is 4. The number of ether oxygens (including phenoxy) is 1. The fraction of sp³-hybridized carbons (Fsp3) is 0.150. The lowest BCUT2D eigenvalue weighted by atomic mass is 10.0. The highest BCUT2D eigenvalue weighted by Crippen LogP contribution is 2.29. The maximum absolute atomic E-state index is 12.9. The minimum atomic E-state index is -3.63. The van der Waals surface area contributed by atoms with Gasteiger partial charge in [-0.2, -0.15) is 0 Å². The predicted octanol–water partition coefficient (Wildman–Crippen LogP) is 3.35. The fourth-order valence-corrected chi connectivity index (χ4v) is 3.70. The van der Waals surface area contributed by atoms with Crippen molar-refractivity contribution in [2.75, 3.05) is 26.5 Å². The van der Waals surface area contributed by atoms with Crippen molar-refractivity contribution in [3.63, 3.8) is 0 Å². The van der Waals surface area contributed by atoms with E-state index in [1.165, 1.54) is 39.4 Å². The van der Waals surface area contributed by atoms with Crippen LogP contribution in [0.25, 0.3) is 10.8 Å². The molecule has 27 heavy (non-hydrogen) atoms. The van der Waals surface area contributed by atoms with Crippen LogP contribution in [0.15, 0.2) is 65.6 Å². The summed E-state index contributed by atoms with van der Waals surface area (Å²) in [5, 5.41) is 4.53. The van der Waals surface area contributed by atoms with Gasteiger partial charge in [-0.15, -0.1) is 0 Å². The van der Waals surface area contributed by atoms with E-state index in [0.717, 1.165) is 15.1 Å². The van der Waals surface area contributed by atoms with Crippen LogP contribution in [0.3, 0.4) is 0 Å². The summed E-state index contributed by atoms with van der Waals surface area (Å²) in [5.74, 6) is 0.0331. The third kappa shape index (κ3) is 3.65. The summed E-state index contributed by atoms with van der Waals surface area (Å²) >= 11 is 0. The number of sulfonamides is 1. The zero-order valence-electron chi connectivity index (χ0n) is 15.3. The molecule has 0 unspecified atom stereocenters. The van der Waals surface area contributed by atoms with E-state index in [4.69, 9.17) is 4.74 Å². The number of carbonyl (C=O) groups excluding carboxylic acids is 1. The molecular weight excluding hydrogens is 364 g/mol. The van der Waals surface area contributed by atoms with Gasteiger partial charge in [0.1, 0.15) is 5.75 Å². The number of methoxy groups -OCH3 is 1. The van der Waals surface area contributed by atoms with Crippen molar-refractivity contribution in [1.82, 2.24) is 4.31 Å². The van der Waals surface area contributed by atoms with Crippen LogP contribution in [0.2, 0.25) is 0 Å². The highest BCUT2D eigenvalue weighted by molar-refractivity contribution is 7.89. The van der Waals surface area contributed by atoms with Crippen LogP contribution in [0.5, 0.6) is 5.75 Å². The Morgan fingerprint density at radius 2 is 1.70 bits per heavy atom. The van der Waals surface area contributed by atoms with Gasteiger partial charge in [0.15, 0.2) is 0 Å². The molecule has 0 atom stereocenters. The van der Waals surface area contributed by atoms with Crippen molar-refractivity contribution >= 4 is 32.4 Å². The predicted molar refractivity (Wildman–Crippen MR) is 106 cm³/mol. The van der Waals surface area contributed by atoms with Gasteiger partial charge in [0.2, 0.25) is 10.0 Å². The van der Waals surface area contributed by atoms with Gasteiger partial charge in [-0.05, 0) is 35.0 Å². The first-order valence-corrected chi connectivity index (χ1v) is 9.68. The summed E-state index contributed by atoms with van der Waals surface area (Å²) < 4.78 is 31.2. The van der Waals surface area contributed by atoms with Crippen LogP contribution in [0, 0.1) is 0 Å². The first-order chi connectivity index (χ1) is 12.8. The molecular formula is C20H20N2O4S. The number of rotatable bonds is 5. The van der Waals surface area contributed by atoms with E-state index in [1.54, 1.807) is 12.1 Å². The molecule has 3 aromatic carbocycles. The largest absolute Gasteiger partial charge is 0.495 e. The molecule has 3 rings (SSSR count). The number of anilines is 1. The zero-order valence-corrected chi connectivity index (χ0v) is 16.1. The van der Waals surface area contributed by atoms with E-state index in [-0.39, 0.29) is 10.8 Å². The average Bonchev–Trinajstić information content (AvgIpc) is 2.67. The minimum Gasteiger partial charge on any atom is -0.495 e.